The Labute approximate surface area is 122 Å². The second-order valence-electron chi connectivity index (χ2n) is 4.88. The highest BCUT2D eigenvalue weighted by Crippen LogP contribution is 2.13. The maximum absolute atomic E-state index is 12.8. The van der Waals surface area contributed by atoms with Crippen LogP contribution in [0, 0.1) is 23.1 Å². The number of benzene rings is 1. The van der Waals surface area contributed by atoms with E-state index in [0.717, 1.165) is 12.8 Å². The van der Waals surface area contributed by atoms with Crippen LogP contribution in [0.3, 0.4) is 0 Å². The predicted octanol–water partition coefficient (Wildman–Crippen LogP) is 2.17. The summed E-state index contributed by atoms with van der Waals surface area (Å²) in [5.41, 5.74) is 0.634. The molecule has 0 N–H and O–H groups in total. The van der Waals surface area contributed by atoms with Gasteiger partial charge < -0.3 is 4.90 Å². The Balaban J connectivity index is 2.04. The molecule has 108 valence electrons. The van der Waals surface area contributed by atoms with E-state index in [1.165, 1.54) is 36.4 Å². The summed E-state index contributed by atoms with van der Waals surface area (Å²) in [4.78, 5) is 25.6. The SMILES string of the molecule is N#C[C@@H](C(=O)/C=C\c1ccc(F)cc1)C(=O)N1CCCC1. The molecule has 1 aliphatic rings. The number of carbonyl (C=O) groups is 2. The van der Waals surface area contributed by atoms with E-state index in [-0.39, 0.29) is 5.82 Å². The Morgan fingerprint density at radius 1 is 1.24 bits per heavy atom. The maximum atomic E-state index is 12.8. The Morgan fingerprint density at radius 3 is 2.43 bits per heavy atom. The third-order valence-corrected chi connectivity index (χ3v) is 3.39. The highest BCUT2D eigenvalue weighted by Gasteiger charge is 2.30. The molecule has 4 nitrogen and oxygen atoms in total. The van der Waals surface area contributed by atoms with Crippen LogP contribution >= 0.6 is 0 Å². The van der Waals surface area contributed by atoms with Gasteiger partial charge in [0.25, 0.3) is 0 Å². The molecule has 1 fully saturated rings. The van der Waals surface area contributed by atoms with E-state index >= 15 is 0 Å². The van der Waals surface area contributed by atoms with Gasteiger partial charge in [0.2, 0.25) is 5.91 Å². The molecule has 1 aliphatic heterocycles. The summed E-state index contributed by atoms with van der Waals surface area (Å²) >= 11 is 0. The highest BCUT2D eigenvalue weighted by molar-refractivity contribution is 6.10. The quantitative estimate of drug-likeness (QED) is 0.629. The average molecular weight is 286 g/mol. The lowest BCUT2D eigenvalue weighted by Crippen LogP contribution is -2.36. The zero-order valence-electron chi connectivity index (χ0n) is 11.5. The number of halogens is 1. The van der Waals surface area contributed by atoms with Gasteiger partial charge in [0.05, 0.1) is 6.07 Å². The lowest BCUT2D eigenvalue weighted by Gasteiger charge is -2.16. The molecule has 1 heterocycles. The van der Waals surface area contributed by atoms with Crippen molar-refractivity contribution in [3.05, 3.63) is 41.7 Å². The van der Waals surface area contributed by atoms with E-state index in [1.54, 1.807) is 11.0 Å². The summed E-state index contributed by atoms with van der Waals surface area (Å²) in [7, 11) is 0. The summed E-state index contributed by atoms with van der Waals surface area (Å²) in [6.45, 7) is 1.21. The predicted molar refractivity (Wildman–Crippen MR) is 75.4 cm³/mol. The molecule has 5 heteroatoms. The number of nitrogens with zero attached hydrogens (tertiary/aromatic N) is 2. The van der Waals surface area contributed by atoms with Gasteiger partial charge in [0.15, 0.2) is 11.7 Å². The maximum Gasteiger partial charge on any atom is 0.247 e. The molecule has 1 atom stereocenters. The smallest absolute Gasteiger partial charge is 0.247 e. The van der Waals surface area contributed by atoms with Crippen LogP contribution in [-0.2, 0) is 9.59 Å². The minimum absolute atomic E-state index is 0.363. The fourth-order valence-electron chi connectivity index (χ4n) is 2.21. The monoisotopic (exact) mass is 286 g/mol. The van der Waals surface area contributed by atoms with Crippen LogP contribution in [0.5, 0.6) is 0 Å². The Bertz CT molecular complexity index is 596. The molecule has 1 aromatic rings. The van der Waals surface area contributed by atoms with Crippen molar-refractivity contribution in [1.82, 2.24) is 4.90 Å². The van der Waals surface area contributed by atoms with E-state index in [2.05, 4.69) is 0 Å². The summed E-state index contributed by atoms with van der Waals surface area (Å²) < 4.78 is 12.8. The second kappa shape index (κ2) is 6.80. The van der Waals surface area contributed by atoms with Gasteiger partial charge >= 0.3 is 0 Å². The van der Waals surface area contributed by atoms with Crippen LogP contribution in [0.25, 0.3) is 6.08 Å². The first-order chi connectivity index (χ1) is 10.1. The Kier molecular flexibility index (Phi) is 4.83. The summed E-state index contributed by atoms with van der Waals surface area (Å²) in [5, 5.41) is 9.06. The number of nitriles is 1. The third-order valence-electron chi connectivity index (χ3n) is 3.39. The number of allylic oxidation sites excluding steroid dienone is 1. The third kappa shape index (κ3) is 3.76. The van der Waals surface area contributed by atoms with Crippen molar-refractivity contribution < 1.29 is 14.0 Å². The minimum Gasteiger partial charge on any atom is -0.341 e. The van der Waals surface area contributed by atoms with Gasteiger partial charge in [-0.1, -0.05) is 18.2 Å². The summed E-state index contributed by atoms with van der Waals surface area (Å²) in [6, 6.07) is 7.36. The van der Waals surface area contributed by atoms with Gasteiger partial charge in [0, 0.05) is 13.1 Å². The fourth-order valence-corrected chi connectivity index (χ4v) is 2.21. The van der Waals surface area contributed by atoms with Crippen molar-refractivity contribution in [1.29, 1.82) is 5.26 Å². The lowest BCUT2D eigenvalue weighted by molar-refractivity contribution is -0.136. The number of hydrogen-bond acceptors (Lipinski definition) is 3. The fraction of sp³-hybridized carbons (Fsp3) is 0.312. The molecule has 1 saturated heterocycles. The Hall–Kier alpha value is -2.48. The van der Waals surface area contributed by atoms with Crippen LogP contribution in [0.2, 0.25) is 0 Å². The largest absolute Gasteiger partial charge is 0.341 e. The summed E-state index contributed by atoms with van der Waals surface area (Å²) in [5.74, 6) is -2.63. The van der Waals surface area contributed by atoms with Gasteiger partial charge in [-0.2, -0.15) is 5.26 Å². The molecule has 0 bridgehead atoms. The van der Waals surface area contributed by atoms with Crippen LogP contribution in [-0.4, -0.2) is 29.7 Å². The molecule has 0 radical (unpaired) electrons. The van der Waals surface area contributed by atoms with E-state index in [4.69, 9.17) is 5.26 Å². The zero-order valence-corrected chi connectivity index (χ0v) is 11.5. The van der Waals surface area contributed by atoms with Crippen LogP contribution in [0.15, 0.2) is 30.3 Å². The van der Waals surface area contributed by atoms with Gasteiger partial charge in [-0.05, 0) is 36.6 Å². The number of hydrogen-bond donors (Lipinski definition) is 0. The van der Waals surface area contributed by atoms with Crippen LogP contribution < -0.4 is 0 Å². The zero-order chi connectivity index (χ0) is 15.2. The molecular weight excluding hydrogens is 271 g/mol. The molecule has 0 saturated carbocycles. The van der Waals surface area contributed by atoms with Crippen molar-refractivity contribution in [3.63, 3.8) is 0 Å². The van der Waals surface area contributed by atoms with Crippen molar-refractivity contribution in [2.75, 3.05) is 13.1 Å². The molecule has 0 aliphatic carbocycles. The first-order valence-corrected chi connectivity index (χ1v) is 6.77. The van der Waals surface area contributed by atoms with Gasteiger partial charge in [-0.25, -0.2) is 4.39 Å². The van der Waals surface area contributed by atoms with Crippen LogP contribution in [0.4, 0.5) is 4.39 Å². The standard InChI is InChI=1S/C16H15FN2O2/c17-13-6-3-12(4-7-13)5-8-15(20)14(11-18)16(21)19-9-1-2-10-19/h3-8,14H,1-2,9-10H2/b8-5-/t14-/m0/s1. The van der Waals surface area contributed by atoms with Gasteiger partial charge in [0.1, 0.15) is 5.82 Å². The van der Waals surface area contributed by atoms with E-state index in [1.807, 2.05) is 0 Å². The van der Waals surface area contributed by atoms with Crippen molar-refractivity contribution in [2.45, 2.75) is 12.8 Å². The molecule has 0 unspecified atom stereocenters. The minimum atomic E-state index is -1.29. The summed E-state index contributed by atoms with van der Waals surface area (Å²) in [6.07, 6.45) is 4.49. The van der Waals surface area contributed by atoms with E-state index in [0.29, 0.717) is 18.7 Å². The number of rotatable bonds is 4. The molecule has 21 heavy (non-hydrogen) atoms. The molecular formula is C16H15FN2O2. The second-order valence-corrected chi connectivity index (χ2v) is 4.88. The molecule has 0 aromatic heterocycles. The first-order valence-electron chi connectivity index (χ1n) is 6.77. The Morgan fingerprint density at radius 2 is 1.86 bits per heavy atom. The number of ketones is 1. The molecule has 1 amide bonds. The molecule has 2 rings (SSSR count). The molecule has 0 spiro atoms. The molecule has 1 aromatic carbocycles. The van der Waals surface area contributed by atoms with Crippen molar-refractivity contribution in [2.24, 2.45) is 5.92 Å². The van der Waals surface area contributed by atoms with E-state index in [9.17, 15) is 14.0 Å². The number of amides is 1. The number of likely N-dealkylation sites (tertiary alicyclic amines) is 1. The van der Waals surface area contributed by atoms with Crippen molar-refractivity contribution in [3.8, 4) is 6.07 Å². The van der Waals surface area contributed by atoms with Gasteiger partial charge in [-0.15, -0.1) is 0 Å². The van der Waals surface area contributed by atoms with Crippen molar-refractivity contribution >= 4 is 17.8 Å². The highest BCUT2D eigenvalue weighted by atomic mass is 19.1. The normalized spacial score (nSPS) is 15.9. The average Bonchev–Trinajstić information content (AvgIpc) is 3.01. The topological polar surface area (TPSA) is 61.2 Å². The van der Waals surface area contributed by atoms with Crippen LogP contribution in [0.1, 0.15) is 18.4 Å². The lowest BCUT2D eigenvalue weighted by atomic mass is 10.0. The first kappa shape index (κ1) is 14.9. The number of carbonyl (C=O) groups excluding carboxylic acids is 2. The van der Waals surface area contributed by atoms with E-state index < -0.39 is 17.6 Å². The van der Waals surface area contributed by atoms with Gasteiger partial charge in [-0.3, -0.25) is 9.59 Å².